The molecule has 0 aliphatic heterocycles. The van der Waals surface area contributed by atoms with Crippen LogP contribution < -0.4 is 5.73 Å². The molecule has 2 N–H and O–H groups in total. The van der Waals surface area contributed by atoms with Crippen LogP contribution in [-0.2, 0) is 4.74 Å². The summed E-state index contributed by atoms with van der Waals surface area (Å²) < 4.78 is 11.0. The van der Waals surface area contributed by atoms with Crippen molar-refractivity contribution in [1.29, 1.82) is 0 Å². The maximum absolute atomic E-state index is 5.85. The maximum Gasteiger partial charge on any atom is 0.235 e. The molecule has 108 valence electrons. The monoisotopic (exact) mass is 275 g/mol. The van der Waals surface area contributed by atoms with Crippen molar-refractivity contribution in [3.05, 3.63) is 47.6 Å². The van der Waals surface area contributed by atoms with Crippen molar-refractivity contribution in [2.45, 2.75) is 32.3 Å². The molecule has 0 radical (unpaired) electrons. The number of benzene rings is 1. The van der Waals surface area contributed by atoms with Gasteiger partial charge < -0.3 is 15.0 Å². The summed E-state index contributed by atoms with van der Waals surface area (Å²) in [5.41, 5.74) is 6.93. The molecule has 0 amide bonds. The SMILES string of the molecule is CCOC(CC)c1noc(C(CN)c2ccccc2)n1. The first-order chi connectivity index (χ1) is 9.80. The average molecular weight is 275 g/mol. The minimum atomic E-state index is -0.119. The number of aromatic nitrogens is 2. The van der Waals surface area contributed by atoms with Crippen LogP contribution in [0, 0.1) is 0 Å². The van der Waals surface area contributed by atoms with E-state index in [1.807, 2.05) is 44.2 Å². The van der Waals surface area contributed by atoms with E-state index in [1.165, 1.54) is 0 Å². The molecule has 0 spiro atoms. The van der Waals surface area contributed by atoms with E-state index in [9.17, 15) is 0 Å². The maximum atomic E-state index is 5.85. The summed E-state index contributed by atoms with van der Waals surface area (Å²) in [5, 5.41) is 4.03. The fraction of sp³-hybridized carbons (Fsp3) is 0.467. The molecule has 0 aliphatic rings. The van der Waals surface area contributed by atoms with Crippen LogP contribution in [0.1, 0.15) is 49.6 Å². The molecule has 2 aromatic rings. The minimum absolute atomic E-state index is 0.0726. The Labute approximate surface area is 119 Å². The lowest BCUT2D eigenvalue weighted by molar-refractivity contribution is 0.0518. The summed E-state index contributed by atoms with van der Waals surface area (Å²) in [7, 11) is 0. The molecule has 0 aliphatic carbocycles. The summed E-state index contributed by atoms with van der Waals surface area (Å²) in [5.74, 6) is 1.07. The molecule has 2 unspecified atom stereocenters. The second-order valence-corrected chi connectivity index (χ2v) is 4.54. The number of nitrogens with zero attached hydrogens (tertiary/aromatic N) is 2. The Morgan fingerprint density at radius 1 is 1.25 bits per heavy atom. The number of rotatable bonds is 7. The first-order valence-corrected chi connectivity index (χ1v) is 7.00. The smallest absolute Gasteiger partial charge is 0.235 e. The van der Waals surface area contributed by atoms with Crippen molar-refractivity contribution in [1.82, 2.24) is 10.1 Å². The molecule has 0 fully saturated rings. The van der Waals surface area contributed by atoms with Gasteiger partial charge in [0.2, 0.25) is 11.7 Å². The van der Waals surface area contributed by atoms with Gasteiger partial charge in [-0.25, -0.2) is 0 Å². The van der Waals surface area contributed by atoms with Gasteiger partial charge in [0, 0.05) is 13.2 Å². The number of hydrogen-bond donors (Lipinski definition) is 1. The third-order valence-corrected chi connectivity index (χ3v) is 3.22. The summed E-state index contributed by atoms with van der Waals surface area (Å²) in [6, 6.07) is 9.95. The number of ether oxygens (including phenoxy) is 1. The highest BCUT2D eigenvalue weighted by atomic mass is 16.5. The van der Waals surface area contributed by atoms with Crippen LogP contribution in [0.5, 0.6) is 0 Å². The molecule has 1 heterocycles. The quantitative estimate of drug-likeness (QED) is 0.840. The molecular formula is C15H21N3O2. The van der Waals surface area contributed by atoms with E-state index in [0.717, 1.165) is 12.0 Å². The number of hydrogen-bond acceptors (Lipinski definition) is 5. The summed E-state index contributed by atoms with van der Waals surface area (Å²) in [6.07, 6.45) is 0.692. The van der Waals surface area contributed by atoms with E-state index in [0.29, 0.717) is 24.9 Å². The van der Waals surface area contributed by atoms with Gasteiger partial charge in [0.25, 0.3) is 0 Å². The van der Waals surface area contributed by atoms with E-state index in [4.69, 9.17) is 15.0 Å². The Hall–Kier alpha value is -1.72. The van der Waals surface area contributed by atoms with Crippen molar-refractivity contribution in [3.63, 3.8) is 0 Å². The molecule has 1 aromatic carbocycles. The average Bonchev–Trinajstić information content (AvgIpc) is 2.96. The molecule has 1 aromatic heterocycles. The van der Waals surface area contributed by atoms with Gasteiger partial charge in [-0.1, -0.05) is 42.4 Å². The third-order valence-electron chi connectivity index (χ3n) is 3.22. The highest BCUT2D eigenvalue weighted by molar-refractivity contribution is 5.25. The van der Waals surface area contributed by atoms with Crippen LogP contribution in [0.3, 0.4) is 0 Å². The van der Waals surface area contributed by atoms with Crippen molar-refractivity contribution in [2.75, 3.05) is 13.2 Å². The van der Waals surface area contributed by atoms with E-state index in [-0.39, 0.29) is 12.0 Å². The van der Waals surface area contributed by atoms with Crippen LogP contribution in [0.25, 0.3) is 0 Å². The van der Waals surface area contributed by atoms with Crippen LogP contribution in [-0.4, -0.2) is 23.3 Å². The Bertz CT molecular complexity index is 513. The van der Waals surface area contributed by atoms with E-state index in [2.05, 4.69) is 10.1 Å². The molecule has 20 heavy (non-hydrogen) atoms. The highest BCUT2D eigenvalue weighted by Crippen LogP contribution is 2.25. The molecule has 0 saturated heterocycles. The van der Waals surface area contributed by atoms with Gasteiger partial charge in [-0.15, -0.1) is 0 Å². The van der Waals surface area contributed by atoms with Crippen LogP contribution in [0.15, 0.2) is 34.9 Å². The van der Waals surface area contributed by atoms with Gasteiger partial charge in [0.15, 0.2) is 0 Å². The molecule has 0 bridgehead atoms. The van der Waals surface area contributed by atoms with Crippen molar-refractivity contribution in [2.24, 2.45) is 5.73 Å². The zero-order chi connectivity index (χ0) is 14.4. The highest BCUT2D eigenvalue weighted by Gasteiger charge is 2.22. The molecule has 5 nitrogen and oxygen atoms in total. The zero-order valence-electron chi connectivity index (χ0n) is 12.0. The van der Waals surface area contributed by atoms with Gasteiger partial charge in [0.1, 0.15) is 6.10 Å². The van der Waals surface area contributed by atoms with Crippen LogP contribution in [0.2, 0.25) is 0 Å². The Morgan fingerprint density at radius 2 is 2.00 bits per heavy atom. The van der Waals surface area contributed by atoms with E-state index >= 15 is 0 Å². The van der Waals surface area contributed by atoms with Crippen LogP contribution in [0.4, 0.5) is 0 Å². The van der Waals surface area contributed by atoms with Gasteiger partial charge in [-0.2, -0.15) is 4.98 Å². The Kier molecular flexibility index (Phi) is 5.26. The molecule has 0 saturated carbocycles. The third kappa shape index (κ3) is 3.23. The van der Waals surface area contributed by atoms with Crippen molar-refractivity contribution < 1.29 is 9.26 Å². The lowest BCUT2D eigenvalue weighted by atomic mass is 9.99. The predicted octanol–water partition coefficient (Wildman–Crippen LogP) is 2.65. The van der Waals surface area contributed by atoms with Crippen molar-refractivity contribution in [3.8, 4) is 0 Å². The van der Waals surface area contributed by atoms with Gasteiger partial charge in [0.05, 0.1) is 5.92 Å². The normalized spacial score (nSPS) is 14.2. The second-order valence-electron chi connectivity index (χ2n) is 4.54. The second kappa shape index (κ2) is 7.17. The number of nitrogens with two attached hydrogens (primary N) is 1. The lowest BCUT2D eigenvalue weighted by Crippen LogP contribution is -2.14. The van der Waals surface area contributed by atoms with Gasteiger partial charge in [-0.3, -0.25) is 0 Å². The predicted molar refractivity (Wildman–Crippen MR) is 76.3 cm³/mol. The van der Waals surface area contributed by atoms with E-state index in [1.54, 1.807) is 0 Å². The molecule has 2 atom stereocenters. The van der Waals surface area contributed by atoms with Crippen LogP contribution >= 0.6 is 0 Å². The Morgan fingerprint density at radius 3 is 2.60 bits per heavy atom. The summed E-state index contributed by atoms with van der Waals surface area (Å²) in [4.78, 5) is 4.46. The summed E-state index contributed by atoms with van der Waals surface area (Å²) in [6.45, 7) is 5.04. The summed E-state index contributed by atoms with van der Waals surface area (Å²) >= 11 is 0. The zero-order valence-corrected chi connectivity index (χ0v) is 12.0. The molecule has 2 rings (SSSR count). The topological polar surface area (TPSA) is 74.2 Å². The Balaban J connectivity index is 2.22. The lowest BCUT2D eigenvalue weighted by Gasteiger charge is -2.11. The largest absolute Gasteiger partial charge is 0.370 e. The standard InChI is InChI=1S/C15H21N3O2/c1-3-13(19-4-2)14-17-15(20-18-14)12(10-16)11-8-6-5-7-9-11/h5-9,12-13H,3-4,10,16H2,1-2H3. The molecule has 5 heteroatoms. The van der Waals surface area contributed by atoms with Crippen molar-refractivity contribution >= 4 is 0 Å². The first-order valence-electron chi connectivity index (χ1n) is 7.00. The fourth-order valence-corrected chi connectivity index (χ4v) is 2.16. The van der Waals surface area contributed by atoms with Gasteiger partial charge in [-0.05, 0) is 18.9 Å². The van der Waals surface area contributed by atoms with E-state index < -0.39 is 0 Å². The first kappa shape index (κ1) is 14.7. The van der Waals surface area contributed by atoms with Gasteiger partial charge >= 0.3 is 0 Å². The fourth-order valence-electron chi connectivity index (χ4n) is 2.16. The minimum Gasteiger partial charge on any atom is -0.370 e. The molecular weight excluding hydrogens is 254 g/mol.